The predicted octanol–water partition coefficient (Wildman–Crippen LogP) is 3.34. The molecule has 0 aliphatic heterocycles. The number of hydrogen-bond donors (Lipinski definition) is 2. The summed E-state index contributed by atoms with van der Waals surface area (Å²) >= 11 is 2.92. The highest BCUT2D eigenvalue weighted by Gasteiger charge is 2.34. The van der Waals surface area contributed by atoms with Crippen molar-refractivity contribution in [1.82, 2.24) is 0 Å². The molecule has 0 unspecified atom stereocenters. The summed E-state index contributed by atoms with van der Waals surface area (Å²) in [5.41, 5.74) is -3.58. The Morgan fingerprint density at radius 2 is 2.10 bits per heavy atom. The summed E-state index contributed by atoms with van der Waals surface area (Å²) in [5, 5.41) is 11.8. The summed E-state index contributed by atoms with van der Waals surface area (Å²) in [4.78, 5) is 14.4. The first-order chi connectivity index (χ1) is 9.11. The maximum Gasteiger partial charge on any atom is 0.407 e. The molecule has 4 nitrogen and oxygen atoms in total. The standard InChI is InChI=1S/C12H10BrF3N2O2/c1-11(20,6-13)10(19)18-7-3-4-9(17-2)8(5-7)12(14,15)16/h3-5,20H,6H2,1H3,(H,18,19)/t11-/m1/s1. The highest BCUT2D eigenvalue weighted by molar-refractivity contribution is 9.09. The molecule has 0 spiro atoms. The molecule has 0 heterocycles. The molecule has 8 heteroatoms. The van der Waals surface area contributed by atoms with Gasteiger partial charge in [-0.15, -0.1) is 0 Å². The average Bonchev–Trinajstić information content (AvgIpc) is 2.37. The van der Waals surface area contributed by atoms with Crippen molar-refractivity contribution in [2.75, 3.05) is 10.6 Å². The van der Waals surface area contributed by atoms with E-state index in [1.807, 2.05) is 0 Å². The van der Waals surface area contributed by atoms with Crippen molar-refractivity contribution in [3.05, 3.63) is 35.2 Å². The van der Waals surface area contributed by atoms with Gasteiger partial charge in [-0.1, -0.05) is 22.0 Å². The molecule has 1 atom stereocenters. The normalized spacial score (nSPS) is 14.2. The van der Waals surface area contributed by atoms with Gasteiger partial charge in [-0.25, -0.2) is 4.85 Å². The fourth-order valence-corrected chi connectivity index (χ4v) is 1.52. The number of carbonyl (C=O) groups excluding carboxylic acids is 1. The molecule has 1 rings (SSSR count). The van der Waals surface area contributed by atoms with Crippen LogP contribution in [0.3, 0.4) is 0 Å². The highest BCUT2D eigenvalue weighted by Crippen LogP contribution is 2.38. The highest BCUT2D eigenvalue weighted by atomic mass is 79.9. The Morgan fingerprint density at radius 3 is 2.55 bits per heavy atom. The SMILES string of the molecule is [C-]#[N+]c1ccc(NC(=O)[C@](C)(O)CBr)cc1C(F)(F)F. The molecule has 0 aliphatic carbocycles. The fraction of sp³-hybridized carbons (Fsp3) is 0.333. The van der Waals surface area contributed by atoms with Crippen LogP contribution in [0.15, 0.2) is 18.2 Å². The van der Waals surface area contributed by atoms with Gasteiger partial charge in [-0.2, -0.15) is 13.2 Å². The van der Waals surface area contributed by atoms with Gasteiger partial charge >= 0.3 is 6.18 Å². The minimum atomic E-state index is -4.70. The van der Waals surface area contributed by atoms with Crippen LogP contribution in [0, 0.1) is 6.57 Å². The summed E-state index contributed by atoms with van der Waals surface area (Å²) in [5.74, 6) is -0.849. The molecule has 0 fully saturated rings. The van der Waals surface area contributed by atoms with Gasteiger partial charge in [-0.05, 0) is 19.1 Å². The third kappa shape index (κ3) is 3.71. The van der Waals surface area contributed by atoms with E-state index in [4.69, 9.17) is 6.57 Å². The van der Waals surface area contributed by atoms with E-state index < -0.39 is 28.9 Å². The summed E-state index contributed by atoms with van der Waals surface area (Å²) in [6.07, 6.45) is -4.70. The third-order valence-electron chi connectivity index (χ3n) is 2.43. The largest absolute Gasteiger partial charge is 0.407 e. The van der Waals surface area contributed by atoms with Gasteiger partial charge in [0.1, 0.15) is 5.60 Å². The molecule has 2 N–H and O–H groups in total. The van der Waals surface area contributed by atoms with Crippen LogP contribution in [0.4, 0.5) is 24.5 Å². The Balaban J connectivity index is 3.12. The molecule has 0 bridgehead atoms. The second-order valence-corrected chi connectivity index (χ2v) is 4.76. The zero-order chi connectivity index (χ0) is 15.6. The lowest BCUT2D eigenvalue weighted by Gasteiger charge is -2.20. The number of nitrogens with one attached hydrogen (secondary N) is 1. The van der Waals surface area contributed by atoms with Gasteiger partial charge in [0.25, 0.3) is 5.91 Å². The predicted molar refractivity (Wildman–Crippen MR) is 70.8 cm³/mol. The van der Waals surface area contributed by atoms with Crippen molar-refractivity contribution in [3.8, 4) is 0 Å². The van der Waals surface area contributed by atoms with E-state index in [0.717, 1.165) is 6.07 Å². The lowest BCUT2D eigenvalue weighted by atomic mass is 10.1. The molecule has 1 amide bonds. The first kappa shape index (κ1) is 16.5. The Morgan fingerprint density at radius 1 is 1.50 bits per heavy atom. The molecule has 0 saturated heterocycles. The molecule has 0 aliphatic rings. The number of alkyl halides is 4. The molecular formula is C12H10BrF3N2O2. The van der Waals surface area contributed by atoms with E-state index in [1.165, 1.54) is 13.0 Å². The van der Waals surface area contributed by atoms with Gasteiger partial charge in [0.15, 0.2) is 5.69 Å². The molecule has 0 saturated carbocycles. The first-order valence-electron chi connectivity index (χ1n) is 5.30. The van der Waals surface area contributed by atoms with Crippen molar-refractivity contribution >= 4 is 33.2 Å². The van der Waals surface area contributed by atoms with Gasteiger partial charge in [0.2, 0.25) is 0 Å². The van der Waals surface area contributed by atoms with Crippen LogP contribution in [0.1, 0.15) is 12.5 Å². The number of benzene rings is 1. The van der Waals surface area contributed by atoms with E-state index in [-0.39, 0.29) is 11.0 Å². The van der Waals surface area contributed by atoms with Crippen LogP contribution in [0.25, 0.3) is 4.85 Å². The van der Waals surface area contributed by atoms with Crippen LogP contribution in [-0.2, 0) is 11.0 Å². The molecule has 20 heavy (non-hydrogen) atoms. The second kappa shape index (κ2) is 5.81. The molecule has 1 aromatic carbocycles. The monoisotopic (exact) mass is 350 g/mol. The van der Waals surface area contributed by atoms with Crippen molar-refractivity contribution in [3.63, 3.8) is 0 Å². The van der Waals surface area contributed by atoms with Crippen molar-refractivity contribution in [2.45, 2.75) is 18.7 Å². The molecule has 108 valence electrons. The summed E-state index contributed by atoms with van der Waals surface area (Å²) in [6, 6.07) is 2.80. The Hall–Kier alpha value is -1.59. The Bertz CT molecular complexity index is 565. The Kier molecular flexibility index (Phi) is 4.78. The smallest absolute Gasteiger partial charge is 0.379 e. The molecule has 0 aromatic heterocycles. The van der Waals surface area contributed by atoms with Crippen LogP contribution in [0.5, 0.6) is 0 Å². The van der Waals surface area contributed by atoms with Crippen molar-refractivity contribution in [1.29, 1.82) is 0 Å². The van der Waals surface area contributed by atoms with Crippen LogP contribution >= 0.6 is 15.9 Å². The number of hydrogen-bond acceptors (Lipinski definition) is 2. The van der Waals surface area contributed by atoms with Crippen LogP contribution in [-0.4, -0.2) is 21.9 Å². The summed E-state index contributed by atoms with van der Waals surface area (Å²) in [7, 11) is 0. The van der Waals surface area contributed by atoms with Gasteiger partial charge in [-0.3, -0.25) is 4.79 Å². The molecule has 0 radical (unpaired) electrons. The number of halogens is 4. The summed E-state index contributed by atoms with van der Waals surface area (Å²) in [6.45, 7) is 7.91. The molecule has 1 aromatic rings. The van der Waals surface area contributed by atoms with E-state index in [0.29, 0.717) is 6.07 Å². The topological polar surface area (TPSA) is 53.7 Å². The lowest BCUT2D eigenvalue weighted by Crippen LogP contribution is -2.41. The third-order valence-corrected chi connectivity index (χ3v) is 3.52. The number of nitrogens with zero attached hydrogens (tertiary/aromatic N) is 1. The second-order valence-electron chi connectivity index (χ2n) is 4.20. The Labute approximate surface area is 121 Å². The van der Waals surface area contributed by atoms with Crippen LogP contribution in [0.2, 0.25) is 0 Å². The van der Waals surface area contributed by atoms with E-state index in [1.54, 1.807) is 0 Å². The van der Waals surface area contributed by atoms with Crippen LogP contribution < -0.4 is 5.32 Å². The zero-order valence-electron chi connectivity index (χ0n) is 10.3. The van der Waals surface area contributed by atoms with E-state index in [9.17, 15) is 23.1 Å². The van der Waals surface area contributed by atoms with Gasteiger partial charge in [0, 0.05) is 11.0 Å². The zero-order valence-corrected chi connectivity index (χ0v) is 11.8. The van der Waals surface area contributed by atoms with Crippen molar-refractivity contribution < 1.29 is 23.1 Å². The number of anilines is 1. The maximum absolute atomic E-state index is 12.7. The number of aliphatic hydroxyl groups is 1. The van der Waals surface area contributed by atoms with Crippen molar-refractivity contribution in [2.24, 2.45) is 0 Å². The fourth-order valence-electron chi connectivity index (χ4n) is 1.26. The minimum absolute atomic E-state index is 0.0713. The van der Waals surface area contributed by atoms with E-state index >= 15 is 0 Å². The molecular weight excluding hydrogens is 341 g/mol. The lowest BCUT2D eigenvalue weighted by molar-refractivity contribution is -0.137. The number of amides is 1. The maximum atomic E-state index is 12.7. The first-order valence-corrected chi connectivity index (χ1v) is 6.42. The minimum Gasteiger partial charge on any atom is -0.379 e. The average molecular weight is 351 g/mol. The van der Waals surface area contributed by atoms with Gasteiger partial charge in [0.05, 0.1) is 12.1 Å². The summed E-state index contributed by atoms with van der Waals surface area (Å²) < 4.78 is 38.2. The quantitative estimate of drug-likeness (QED) is 0.648. The van der Waals surface area contributed by atoms with Gasteiger partial charge < -0.3 is 10.4 Å². The number of carbonyl (C=O) groups is 1. The number of rotatable bonds is 3. The van der Waals surface area contributed by atoms with E-state index in [2.05, 4.69) is 26.1 Å².